The standard InChI is InChI=1S/C13H12N2O3S/c1-18-13(17)10-8-19-11(15-10)7-14-12(16)9-5-3-2-4-6-9/h2-6,8H,7H2,1H3,(H,14,16). The van der Waals surface area contributed by atoms with E-state index in [4.69, 9.17) is 0 Å². The van der Waals surface area contributed by atoms with Gasteiger partial charge in [-0.3, -0.25) is 4.79 Å². The first-order chi connectivity index (χ1) is 9.20. The van der Waals surface area contributed by atoms with Gasteiger partial charge in [0, 0.05) is 10.9 Å². The van der Waals surface area contributed by atoms with Crippen molar-refractivity contribution in [2.75, 3.05) is 7.11 Å². The Morgan fingerprint density at radius 2 is 2.05 bits per heavy atom. The monoisotopic (exact) mass is 276 g/mol. The van der Waals surface area contributed by atoms with E-state index in [9.17, 15) is 9.59 Å². The maximum absolute atomic E-state index is 11.8. The first-order valence-corrected chi connectivity index (χ1v) is 6.44. The lowest BCUT2D eigenvalue weighted by Gasteiger charge is -2.02. The van der Waals surface area contributed by atoms with E-state index in [2.05, 4.69) is 15.0 Å². The molecule has 1 aromatic carbocycles. The number of amides is 1. The molecule has 0 unspecified atom stereocenters. The van der Waals surface area contributed by atoms with Crippen LogP contribution in [-0.4, -0.2) is 24.0 Å². The van der Waals surface area contributed by atoms with Crippen LogP contribution < -0.4 is 5.32 Å². The predicted octanol–water partition coefficient (Wildman–Crippen LogP) is 1.86. The number of hydrogen-bond acceptors (Lipinski definition) is 5. The van der Waals surface area contributed by atoms with Crippen molar-refractivity contribution in [3.63, 3.8) is 0 Å². The summed E-state index contributed by atoms with van der Waals surface area (Å²) in [6.07, 6.45) is 0. The number of ether oxygens (including phenoxy) is 1. The lowest BCUT2D eigenvalue weighted by atomic mass is 10.2. The number of rotatable bonds is 4. The molecule has 0 saturated heterocycles. The maximum atomic E-state index is 11.8. The molecule has 19 heavy (non-hydrogen) atoms. The second-order valence-corrected chi connectivity index (χ2v) is 4.61. The molecule has 6 heteroatoms. The number of carbonyl (C=O) groups excluding carboxylic acids is 2. The molecule has 2 rings (SSSR count). The van der Waals surface area contributed by atoms with Crippen LogP contribution >= 0.6 is 11.3 Å². The minimum atomic E-state index is -0.475. The molecule has 0 atom stereocenters. The second kappa shape index (κ2) is 6.10. The van der Waals surface area contributed by atoms with Crippen molar-refractivity contribution in [3.05, 3.63) is 52.0 Å². The van der Waals surface area contributed by atoms with Gasteiger partial charge in [-0.25, -0.2) is 9.78 Å². The normalized spacial score (nSPS) is 9.95. The molecule has 98 valence electrons. The van der Waals surface area contributed by atoms with E-state index < -0.39 is 5.97 Å². The van der Waals surface area contributed by atoms with Crippen LogP contribution in [0.1, 0.15) is 25.9 Å². The van der Waals surface area contributed by atoms with Gasteiger partial charge >= 0.3 is 5.97 Å². The Hall–Kier alpha value is -2.21. The molecular formula is C13H12N2O3S. The third kappa shape index (κ3) is 3.38. The van der Waals surface area contributed by atoms with Crippen molar-refractivity contribution in [1.29, 1.82) is 0 Å². The molecule has 0 aliphatic heterocycles. The topological polar surface area (TPSA) is 68.3 Å². The Kier molecular flexibility index (Phi) is 4.25. The zero-order chi connectivity index (χ0) is 13.7. The van der Waals surface area contributed by atoms with Crippen LogP contribution in [0.5, 0.6) is 0 Å². The Morgan fingerprint density at radius 3 is 2.74 bits per heavy atom. The average molecular weight is 276 g/mol. The Balaban J connectivity index is 1.94. The van der Waals surface area contributed by atoms with Crippen molar-refractivity contribution in [2.24, 2.45) is 0 Å². The zero-order valence-electron chi connectivity index (χ0n) is 10.3. The van der Waals surface area contributed by atoms with Crippen LogP contribution in [0.25, 0.3) is 0 Å². The van der Waals surface area contributed by atoms with E-state index in [1.54, 1.807) is 29.6 Å². The molecule has 0 aliphatic rings. The Bertz CT molecular complexity index is 581. The minimum Gasteiger partial charge on any atom is -0.464 e. The van der Waals surface area contributed by atoms with Gasteiger partial charge in [-0.15, -0.1) is 11.3 Å². The highest BCUT2D eigenvalue weighted by atomic mass is 32.1. The molecular weight excluding hydrogens is 264 g/mol. The summed E-state index contributed by atoms with van der Waals surface area (Å²) < 4.78 is 4.56. The number of nitrogens with one attached hydrogen (secondary N) is 1. The molecule has 0 saturated carbocycles. The third-order valence-corrected chi connectivity index (χ3v) is 3.23. The van der Waals surface area contributed by atoms with Gasteiger partial charge in [0.15, 0.2) is 5.69 Å². The molecule has 0 bridgehead atoms. The highest BCUT2D eigenvalue weighted by Crippen LogP contribution is 2.10. The highest BCUT2D eigenvalue weighted by molar-refractivity contribution is 7.09. The molecule has 2 aromatic rings. The number of aromatic nitrogens is 1. The Morgan fingerprint density at radius 1 is 1.32 bits per heavy atom. The van der Waals surface area contributed by atoms with Gasteiger partial charge < -0.3 is 10.1 Å². The number of thiazole rings is 1. The summed E-state index contributed by atoms with van der Waals surface area (Å²) in [4.78, 5) is 27.1. The first kappa shape index (κ1) is 13.2. The molecule has 0 aliphatic carbocycles. The van der Waals surface area contributed by atoms with Crippen LogP contribution in [0, 0.1) is 0 Å². The fourth-order valence-corrected chi connectivity index (χ4v) is 2.14. The van der Waals surface area contributed by atoms with Crippen molar-refractivity contribution < 1.29 is 14.3 Å². The third-order valence-electron chi connectivity index (χ3n) is 2.38. The van der Waals surface area contributed by atoms with E-state index in [1.807, 2.05) is 6.07 Å². The van der Waals surface area contributed by atoms with Crippen LogP contribution in [0.4, 0.5) is 0 Å². The van der Waals surface area contributed by atoms with Gasteiger partial charge in [-0.05, 0) is 12.1 Å². The van der Waals surface area contributed by atoms with Gasteiger partial charge in [0.1, 0.15) is 5.01 Å². The van der Waals surface area contributed by atoms with Crippen LogP contribution in [0.3, 0.4) is 0 Å². The van der Waals surface area contributed by atoms with Gasteiger partial charge in [0.05, 0.1) is 13.7 Å². The summed E-state index contributed by atoms with van der Waals surface area (Å²) in [5.41, 5.74) is 0.851. The largest absolute Gasteiger partial charge is 0.464 e. The fourth-order valence-electron chi connectivity index (χ4n) is 1.44. The van der Waals surface area contributed by atoms with E-state index in [1.165, 1.54) is 18.4 Å². The van der Waals surface area contributed by atoms with Gasteiger partial charge in [-0.2, -0.15) is 0 Å². The summed E-state index contributed by atoms with van der Waals surface area (Å²) in [5, 5.41) is 5.01. The second-order valence-electron chi connectivity index (χ2n) is 3.67. The number of nitrogens with zero attached hydrogens (tertiary/aromatic N) is 1. The average Bonchev–Trinajstić information content (AvgIpc) is 2.93. The van der Waals surface area contributed by atoms with E-state index >= 15 is 0 Å². The molecule has 1 aromatic heterocycles. The SMILES string of the molecule is COC(=O)c1csc(CNC(=O)c2ccccc2)n1. The number of esters is 1. The summed E-state index contributed by atoms with van der Waals surface area (Å²) >= 11 is 1.30. The number of hydrogen-bond donors (Lipinski definition) is 1. The van der Waals surface area contributed by atoms with E-state index in [-0.39, 0.29) is 18.1 Å². The maximum Gasteiger partial charge on any atom is 0.357 e. The first-order valence-electron chi connectivity index (χ1n) is 5.56. The van der Waals surface area contributed by atoms with E-state index in [0.717, 1.165) is 0 Å². The van der Waals surface area contributed by atoms with Crippen LogP contribution in [0.15, 0.2) is 35.7 Å². The minimum absolute atomic E-state index is 0.171. The molecule has 1 N–H and O–H groups in total. The zero-order valence-corrected chi connectivity index (χ0v) is 11.1. The van der Waals surface area contributed by atoms with Crippen LogP contribution in [-0.2, 0) is 11.3 Å². The summed E-state index contributed by atoms with van der Waals surface area (Å²) in [6.45, 7) is 0.287. The number of methoxy groups -OCH3 is 1. The van der Waals surface area contributed by atoms with Crippen molar-refractivity contribution in [2.45, 2.75) is 6.54 Å². The van der Waals surface area contributed by atoms with Crippen molar-refractivity contribution in [3.8, 4) is 0 Å². The quantitative estimate of drug-likeness (QED) is 0.865. The summed E-state index contributed by atoms with van der Waals surface area (Å²) in [6, 6.07) is 8.91. The number of carbonyl (C=O) groups is 2. The molecule has 0 spiro atoms. The highest BCUT2D eigenvalue weighted by Gasteiger charge is 2.11. The van der Waals surface area contributed by atoms with Crippen molar-refractivity contribution in [1.82, 2.24) is 10.3 Å². The fraction of sp³-hybridized carbons (Fsp3) is 0.154. The summed E-state index contributed by atoms with van der Waals surface area (Å²) in [5.74, 6) is -0.646. The molecule has 5 nitrogen and oxygen atoms in total. The van der Waals surface area contributed by atoms with Crippen molar-refractivity contribution >= 4 is 23.2 Å². The number of benzene rings is 1. The molecule has 0 fully saturated rings. The molecule has 1 heterocycles. The predicted molar refractivity (Wildman–Crippen MR) is 71.1 cm³/mol. The van der Waals surface area contributed by atoms with Crippen LogP contribution in [0.2, 0.25) is 0 Å². The smallest absolute Gasteiger partial charge is 0.357 e. The van der Waals surface area contributed by atoms with Gasteiger partial charge in [0.2, 0.25) is 0 Å². The van der Waals surface area contributed by atoms with Gasteiger partial charge in [-0.1, -0.05) is 18.2 Å². The lowest BCUT2D eigenvalue weighted by molar-refractivity contribution is 0.0594. The lowest BCUT2D eigenvalue weighted by Crippen LogP contribution is -2.22. The Labute approximate surface area is 114 Å². The molecule has 1 amide bonds. The molecule has 0 radical (unpaired) electrons. The van der Waals surface area contributed by atoms with E-state index in [0.29, 0.717) is 10.6 Å². The van der Waals surface area contributed by atoms with Gasteiger partial charge in [0.25, 0.3) is 5.91 Å². The summed E-state index contributed by atoms with van der Waals surface area (Å²) in [7, 11) is 1.30.